The van der Waals surface area contributed by atoms with Crippen LogP contribution in [-0.4, -0.2) is 47.8 Å². The van der Waals surface area contributed by atoms with Gasteiger partial charge in [0.25, 0.3) is 0 Å². The molecule has 0 radical (unpaired) electrons. The lowest BCUT2D eigenvalue weighted by Gasteiger charge is -2.20. The van der Waals surface area contributed by atoms with Crippen LogP contribution in [0.15, 0.2) is 35.5 Å². The predicted octanol–water partition coefficient (Wildman–Crippen LogP) is 1.55. The summed E-state index contributed by atoms with van der Waals surface area (Å²) in [5.41, 5.74) is 0.702. The van der Waals surface area contributed by atoms with E-state index in [-0.39, 0.29) is 12.3 Å². The Morgan fingerprint density at radius 1 is 1.32 bits per heavy atom. The number of ether oxygens (including phenoxy) is 4. The number of hydrogen-bond acceptors (Lipinski definition) is 7. The lowest BCUT2D eigenvalue weighted by atomic mass is 10.1. The van der Waals surface area contributed by atoms with E-state index in [4.69, 9.17) is 24.2 Å². The first-order valence-corrected chi connectivity index (χ1v) is 6.95. The second-order valence-electron chi connectivity index (χ2n) is 5.54. The number of carbonyl (C=O) groups is 1. The van der Waals surface area contributed by atoms with Crippen LogP contribution in [0.4, 0.5) is 0 Å². The van der Waals surface area contributed by atoms with Crippen molar-refractivity contribution in [1.29, 1.82) is 0 Å². The summed E-state index contributed by atoms with van der Waals surface area (Å²) >= 11 is 0. The Morgan fingerprint density at radius 3 is 2.73 bits per heavy atom. The molecule has 3 rings (SSSR count). The molecule has 0 bridgehead atoms. The van der Waals surface area contributed by atoms with E-state index in [0.717, 1.165) is 0 Å². The van der Waals surface area contributed by atoms with Crippen LogP contribution in [0.5, 0.6) is 0 Å². The van der Waals surface area contributed by atoms with Crippen molar-refractivity contribution in [2.75, 3.05) is 6.61 Å². The first-order valence-electron chi connectivity index (χ1n) is 6.95. The van der Waals surface area contributed by atoms with E-state index in [0.29, 0.717) is 5.56 Å². The van der Waals surface area contributed by atoms with Gasteiger partial charge in [-0.1, -0.05) is 23.4 Å². The van der Waals surface area contributed by atoms with Gasteiger partial charge in [0.05, 0.1) is 5.56 Å². The van der Waals surface area contributed by atoms with Crippen LogP contribution in [0.3, 0.4) is 0 Å². The number of carbonyl (C=O) groups excluding carboxylic acids is 1. The standard InChI is InChI=1S/C15H17NO6/c1-15(2)21-12-11(16-18)10(20-14(12)22-15)8-19-13(17)9-6-4-3-5-7-9/h3-7,10,12,14,18H,8H2,1-2H3/t10-,12-,14-/m1/s1. The van der Waals surface area contributed by atoms with E-state index in [9.17, 15) is 4.79 Å². The summed E-state index contributed by atoms with van der Waals surface area (Å²) in [6.07, 6.45) is -1.95. The smallest absolute Gasteiger partial charge is 0.338 e. The molecule has 2 aliphatic rings. The van der Waals surface area contributed by atoms with Gasteiger partial charge in [-0.15, -0.1) is 0 Å². The summed E-state index contributed by atoms with van der Waals surface area (Å²) in [6, 6.07) is 8.62. The molecule has 118 valence electrons. The topological polar surface area (TPSA) is 86.6 Å². The van der Waals surface area contributed by atoms with Crippen molar-refractivity contribution in [3.63, 3.8) is 0 Å². The van der Waals surface area contributed by atoms with E-state index in [1.165, 1.54) is 0 Å². The fourth-order valence-corrected chi connectivity index (χ4v) is 2.50. The normalized spacial score (nSPS) is 31.2. The van der Waals surface area contributed by atoms with Gasteiger partial charge in [0.15, 0.2) is 18.2 Å². The maximum absolute atomic E-state index is 11.9. The Bertz CT molecular complexity index is 585. The third-order valence-electron chi connectivity index (χ3n) is 3.47. The van der Waals surface area contributed by atoms with Crippen LogP contribution in [0.2, 0.25) is 0 Å². The van der Waals surface area contributed by atoms with E-state index in [2.05, 4.69) is 5.16 Å². The molecule has 0 spiro atoms. The Hall–Kier alpha value is -1.96. The van der Waals surface area contributed by atoms with Gasteiger partial charge in [-0.3, -0.25) is 0 Å². The van der Waals surface area contributed by atoms with Crippen LogP contribution in [0.25, 0.3) is 0 Å². The molecule has 2 aliphatic heterocycles. The summed E-state index contributed by atoms with van der Waals surface area (Å²) in [5, 5.41) is 12.4. The molecule has 7 nitrogen and oxygen atoms in total. The zero-order valence-electron chi connectivity index (χ0n) is 12.3. The van der Waals surface area contributed by atoms with Gasteiger partial charge < -0.3 is 24.2 Å². The third-order valence-corrected chi connectivity index (χ3v) is 3.47. The molecule has 0 aromatic heterocycles. The van der Waals surface area contributed by atoms with E-state index < -0.39 is 30.3 Å². The molecule has 1 aromatic rings. The van der Waals surface area contributed by atoms with Gasteiger partial charge in [-0.2, -0.15) is 0 Å². The molecule has 3 atom stereocenters. The highest BCUT2D eigenvalue weighted by atomic mass is 16.8. The lowest BCUT2D eigenvalue weighted by Crippen LogP contribution is -2.33. The van der Waals surface area contributed by atoms with Crippen LogP contribution in [-0.2, 0) is 18.9 Å². The van der Waals surface area contributed by atoms with Crippen molar-refractivity contribution in [1.82, 2.24) is 0 Å². The highest BCUT2D eigenvalue weighted by Crippen LogP contribution is 2.35. The average Bonchev–Trinajstić information content (AvgIpc) is 2.96. The third kappa shape index (κ3) is 2.83. The maximum atomic E-state index is 11.9. The molecule has 2 fully saturated rings. The predicted molar refractivity (Wildman–Crippen MR) is 74.6 cm³/mol. The van der Waals surface area contributed by atoms with Crippen molar-refractivity contribution >= 4 is 11.7 Å². The molecule has 1 N–H and O–H groups in total. The lowest BCUT2D eigenvalue weighted by molar-refractivity contribution is -0.199. The van der Waals surface area contributed by atoms with Crippen LogP contribution in [0.1, 0.15) is 24.2 Å². The maximum Gasteiger partial charge on any atom is 0.338 e. The number of rotatable bonds is 3. The van der Waals surface area contributed by atoms with E-state index in [1.54, 1.807) is 38.1 Å². The van der Waals surface area contributed by atoms with Crippen molar-refractivity contribution in [3.8, 4) is 0 Å². The zero-order chi connectivity index (χ0) is 15.7. The van der Waals surface area contributed by atoms with Gasteiger partial charge in [0, 0.05) is 0 Å². The van der Waals surface area contributed by atoms with Crippen molar-refractivity contribution < 1.29 is 28.9 Å². The zero-order valence-corrected chi connectivity index (χ0v) is 12.3. The monoisotopic (exact) mass is 307 g/mol. The SMILES string of the molecule is CC1(C)O[C@H]2O[C@H](COC(=O)c3ccccc3)C(=NO)[C@H]2O1. The van der Waals surface area contributed by atoms with Crippen molar-refractivity contribution in [2.24, 2.45) is 5.16 Å². The van der Waals surface area contributed by atoms with Gasteiger partial charge in [0.2, 0.25) is 0 Å². The molecule has 1 aromatic carbocycles. The molecule has 0 unspecified atom stereocenters. The van der Waals surface area contributed by atoms with E-state index >= 15 is 0 Å². The first kappa shape index (κ1) is 15.0. The highest BCUT2D eigenvalue weighted by molar-refractivity contribution is 5.95. The Morgan fingerprint density at radius 2 is 2.05 bits per heavy atom. The minimum absolute atomic E-state index is 0.0761. The number of oxime groups is 1. The Kier molecular flexibility index (Phi) is 3.86. The first-order chi connectivity index (χ1) is 10.5. The molecule has 22 heavy (non-hydrogen) atoms. The fraction of sp³-hybridized carbons (Fsp3) is 0.467. The number of fused-ring (bicyclic) bond motifs is 1. The number of esters is 1. The number of nitrogens with zero attached hydrogens (tertiary/aromatic N) is 1. The molecule has 0 amide bonds. The summed E-state index contributed by atoms with van der Waals surface area (Å²) in [4.78, 5) is 11.9. The summed E-state index contributed by atoms with van der Waals surface area (Å²) in [7, 11) is 0. The quantitative estimate of drug-likeness (QED) is 0.518. The van der Waals surface area contributed by atoms with Crippen LogP contribution < -0.4 is 0 Å². The number of hydrogen-bond donors (Lipinski definition) is 1. The molecule has 7 heteroatoms. The minimum atomic E-state index is -0.809. The molecule has 2 saturated heterocycles. The molecule has 0 aliphatic carbocycles. The Balaban J connectivity index is 1.62. The van der Waals surface area contributed by atoms with Gasteiger partial charge in [-0.25, -0.2) is 4.79 Å². The van der Waals surface area contributed by atoms with Crippen molar-refractivity contribution in [2.45, 2.75) is 38.1 Å². The average molecular weight is 307 g/mol. The second kappa shape index (κ2) is 5.68. The summed E-state index contributed by atoms with van der Waals surface area (Å²) in [6.45, 7) is 3.41. The van der Waals surface area contributed by atoms with Gasteiger partial charge in [0.1, 0.15) is 18.4 Å². The van der Waals surface area contributed by atoms with Gasteiger partial charge >= 0.3 is 5.97 Å². The van der Waals surface area contributed by atoms with E-state index in [1.807, 2.05) is 6.07 Å². The van der Waals surface area contributed by atoms with Crippen LogP contribution in [0, 0.1) is 0 Å². The summed E-state index contributed by atoms with van der Waals surface area (Å²) in [5.74, 6) is -1.28. The second-order valence-corrected chi connectivity index (χ2v) is 5.54. The number of benzene rings is 1. The molecule has 2 heterocycles. The molecular weight excluding hydrogens is 290 g/mol. The van der Waals surface area contributed by atoms with Crippen molar-refractivity contribution in [3.05, 3.63) is 35.9 Å². The minimum Gasteiger partial charge on any atom is -0.459 e. The Labute approximate surface area is 127 Å². The summed E-state index contributed by atoms with van der Waals surface area (Å²) < 4.78 is 22.0. The fourth-order valence-electron chi connectivity index (χ4n) is 2.50. The molecule has 0 saturated carbocycles. The largest absolute Gasteiger partial charge is 0.459 e. The highest BCUT2D eigenvalue weighted by Gasteiger charge is 2.53. The van der Waals surface area contributed by atoms with Crippen LogP contribution >= 0.6 is 0 Å². The molecular formula is C15H17NO6. The van der Waals surface area contributed by atoms with Gasteiger partial charge in [-0.05, 0) is 26.0 Å².